The highest BCUT2D eigenvalue weighted by Crippen LogP contribution is 2.56. The maximum Gasteiger partial charge on any atom is 0.361 e. The molecule has 0 saturated carbocycles. The first kappa shape index (κ1) is 14.9. The Kier molecular flexibility index (Phi) is 6.06. The topological polar surface area (TPSA) is 35.5 Å². The number of benzene rings is 1. The Morgan fingerprint density at radius 2 is 1.78 bits per heavy atom. The van der Waals surface area contributed by atoms with Crippen LogP contribution in [0.3, 0.4) is 0 Å². The van der Waals surface area contributed by atoms with Gasteiger partial charge in [0, 0.05) is 0 Å². The molecule has 1 rings (SSSR count). The fourth-order valence-corrected chi connectivity index (χ4v) is 3.08. The maximum atomic E-state index is 12.6. The van der Waals surface area contributed by atoms with E-state index in [0.717, 1.165) is 5.56 Å². The van der Waals surface area contributed by atoms with Crippen molar-refractivity contribution in [2.24, 2.45) is 0 Å². The maximum absolute atomic E-state index is 12.6. The molecule has 0 unspecified atom stereocenters. The molecule has 0 amide bonds. The van der Waals surface area contributed by atoms with Crippen molar-refractivity contribution in [3.63, 3.8) is 0 Å². The lowest BCUT2D eigenvalue weighted by atomic mass is 10.2. The molecular formula is C14H19O3P. The van der Waals surface area contributed by atoms with E-state index in [0.29, 0.717) is 18.5 Å². The third kappa shape index (κ3) is 3.95. The highest BCUT2D eigenvalue weighted by molar-refractivity contribution is 7.59. The van der Waals surface area contributed by atoms with Gasteiger partial charge in [0.15, 0.2) is 0 Å². The molecule has 0 aromatic heterocycles. The van der Waals surface area contributed by atoms with Crippen LogP contribution in [0.4, 0.5) is 0 Å². The highest BCUT2D eigenvalue weighted by Gasteiger charge is 2.27. The van der Waals surface area contributed by atoms with Gasteiger partial charge in [0.25, 0.3) is 0 Å². The Balaban J connectivity index is 3.10. The summed E-state index contributed by atoms with van der Waals surface area (Å²) < 4.78 is 23.1. The van der Waals surface area contributed by atoms with Gasteiger partial charge < -0.3 is 9.05 Å². The van der Waals surface area contributed by atoms with Crippen molar-refractivity contribution in [3.05, 3.63) is 53.9 Å². The summed E-state index contributed by atoms with van der Waals surface area (Å²) in [7, 11) is -3.25. The number of allylic oxidation sites excluding steroid dienone is 2. The van der Waals surface area contributed by atoms with Crippen molar-refractivity contribution in [1.29, 1.82) is 0 Å². The van der Waals surface area contributed by atoms with Gasteiger partial charge in [0.2, 0.25) is 0 Å². The van der Waals surface area contributed by atoms with Crippen molar-refractivity contribution in [3.8, 4) is 0 Å². The lowest BCUT2D eigenvalue weighted by Crippen LogP contribution is -1.97. The fraction of sp³-hybridized carbons (Fsp3) is 0.286. The average molecular weight is 266 g/mol. The smallest absolute Gasteiger partial charge is 0.305 e. The van der Waals surface area contributed by atoms with E-state index in [-0.39, 0.29) is 0 Å². The molecule has 0 spiro atoms. The summed E-state index contributed by atoms with van der Waals surface area (Å²) in [6, 6.07) is 9.60. The largest absolute Gasteiger partial charge is 0.361 e. The van der Waals surface area contributed by atoms with E-state index < -0.39 is 7.60 Å². The second-order valence-corrected chi connectivity index (χ2v) is 5.54. The zero-order valence-electron chi connectivity index (χ0n) is 10.8. The molecule has 4 heteroatoms. The molecule has 0 saturated heterocycles. The Hall–Kier alpha value is -1.15. The highest BCUT2D eigenvalue weighted by atomic mass is 31.2. The van der Waals surface area contributed by atoms with Gasteiger partial charge in [-0.3, -0.25) is 4.57 Å². The van der Waals surface area contributed by atoms with E-state index in [9.17, 15) is 4.57 Å². The minimum absolute atomic E-state index is 0.331. The van der Waals surface area contributed by atoms with Crippen molar-refractivity contribution in [2.45, 2.75) is 13.8 Å². The molecule has 0 aliphatic rings. The average Bonchev–Trinajstić information content (AvgIpc) is 2.37. The molecule has 0 N–H and O–H groups in total. The minimum atomic E-state index is -3.25. The zero-order valence-corrected chi connectivity index (χ0v) is 11.7. The number of hydrogen-bond acceptors (Lipinski definition) is 3. The summed E-state index contributed by atoms with van der Waals surface area (Å²) in [4.78, 5) is 0. The van der Waals surface area contributed by atoms with Crippen LogP contribution in [0, 0.1) is 0 Å². The molecule has 0 bridgehead atoms. The van der Waals surface area contributed by atoms with Crippen molar-refractivity contribution in [1.82, 2.24) is 0 Å². The van der Waals surface area contributed by atoms with Crippen LogP contribution < -0.4 is 0 Å². The van der Waals surface area contributed by atoms with Crippen LogP contribution in [0.25, 0.3) is 6.08 Å². The van der Waals surface area contributed by atoms with Gasteiger partial charge in [-0.05, 0) is 25.5 Å². The molecule has 1 aromatic carbocycles. The molecule has 1 aromatic rings. The van der Waals surface area contributed by atoms with Crippen LogP contribution in [-0.4, -0.2) is 13.2 Å². The van der Waals surface area contributed by atoms with Crippen LogP contribution in [0.2, 0.25) is 0 Å². The molecule has 18 heavy (non-hydrogen) atoms. The standard InChI is InChI=1S/C14H19O3P/c1-4-14(12-13-10-8-7-9-11-13)18(15,16-5-2)17-6-3/h4,7-12H,1,5-6H2,2-3H3/b14-12-. The lowest BCUT2D eigenvalue weighted by Gasteiger charge is -2.17. The molecule has 0 aliphatic carbocycles. The van der Waals surface area contributed by atoms with Gasteiger partial charge in [-0.25, -0.2) is 0 Å². The first-order valence-electron chi connectivity index (χ1n) is 5.95. The van der Waals surface area contributed by atoms with Crippen LogP contribution in [0.15, 0.2) is 48.3 Å². The van der Waals surface area contributed by atoms with Crippen LogP contribution >= 0.6 is 7.60 Å². The van der Waals surface area contributed by atoms with Crippen molar-refractivity contribution < 1.29 is 13.6 Å². The van der Waals surface area contributed by atoms with Gasteiger partial charge in [-0.15, -0.1) is 0 Å². The van der Waals surface area contributed by atoms with Crippen molar-refractivity contribution >= 4 is 13.7 Å². The van der Waals surface area contributed by atoms with E-state index in [1.54, 1.807) is 19.9 Å². The van der Waals surface area contributed by atoms with Crippen LogP contribution in [0.1, 0.15) is 19.4 Å². The summed E-state index contributed by atoms with van der Waals surface area (Å²) in [6.45, 7) is 7.92. The summed E-state index contributed by atoms with van der Waals surface area (Å²) in [5, 5.41) is 0.484. The predicted molar refractivity (Wildman–Crippen MR) is 75.5 cm³/mol. The second-order valence-electron chi connectivity index (χ2n) is 3.52. The van der Waals surface area contributed by atoms with E-state index in [4.69, 9.17) is 9.05 Å². The summed E-state index contributed by atoms with van der Waals surface area (Å²) in [5.74, 6) is 0. The lowest BCUT2D eigenvalue weighted by molar-refractivity contribution is 0.227. The quantitative estimate of drug-likeness (QED) is 0.539. The zero-order chi connectivity index (χ0) is 13.4. The molecule has 3 nitrogen and oxygen atoms in total. The van der Waals surface area contributed by atoms with Crippen molar-refractivity contribution in [2.75, 3.05) is 13.2 Å². The summed E-state index contributed by atoms with van der Waals surface area (Å²) in [6.07, 6.45) is 3.30. The Bertz CT molecular complexity index is 441. The van der Waals surface area contributed by atoms with Gasteiger partial charge in [0.1, 0.15) is 0 Å². The van der Waals surface area contributed by atoms with Gasteiger partial charge in [-0.1, -0.05) is 43.0 Å². The normalized spacial score (nSPS) is 12.4. The molecule has 98 valence electrons. The molecule has 0 aliphatic heterocycles. The molecule has 0 atom stereocenters. The molecule has 0 heterocycles. The van der Waals surface area contributed by atoms with Gasteiger partial charge in [0.05, 0.1) is 18.5 Å². The summed E-state index contributed by atoms with van der Waals surface area (Å²) in [5.41, 5.74) is 0.937. The van der Waals surface area contributed by atoms with Gasteiger partial charge >= 0.3 is 7.60 Å². The van der Waals surface area contributed by atoms with E-state index in [2.05, 4.69) is 6.58 Å². The third-order valence-electron chi connectivity index (χ3n) is 2.24. The van der Waals surface area contributed by atoms with E-state index in [1.807, 2.05) is 30.3 Å². The Morgan fingerprint density at radius 1 is 1.22 bits per heavy atom. The number of rotatable bonds is 7. The first-order valence-corrected chi connectivity index (χ1v) is 7.49. The second kappa shape index (κ2) is 7.32. The molecule has 0 fully saturated rings. The SMILES string of the molecule is C=C/C(=C/c1ccccc1)P(=O)(OCC)OCC. The number of hydrogen-bond donors (Lipinski definition) is 0. The minimum Gasteiger partial charge on any atom is -0.305 e. The summed E-state index contributed by atoms with van der Waals surface area (Å²) >= 11 is 0. The van der Waals surface area contributed by atoms with Crippen LogP contribution in [0.5, 0.6) is 0 Å². The predicted octanol–water partition coefficient (Wildman–Crippen LogP) is 4.48. The third-order valence-corrected chi connectivity index (χ3v) is 4.38. The fourth-order valence-electron chi connectivity index (χ4n) is 1.50. The van der Waals surface area contributed by atoms with E-state index in [1.165, 1.54) is 6.08 Å². The van der Waals surface area contributed by atoms with E-state index >= 15 is 0 Å². The Labute approximate surface area is 109 Å². The molecular weight excluding hydrogens is 247 g/mol. The monoisotopic (exact) mass is 266 g/mol. The Morgan fingerprint density at radius 3 is 2.22 bits per heavy atom. The van der Waals surface area contributed by atoms with Gasteiger partial charge in [-0.2, -0.15) is 0 Å². The molecule has 0 radical (unpaired) electrons. The van der Waals surface area contributed by atoms with Crippen LogP contribution in [-0.2, 0) is 13.6 Å². The first-order chi connectivity index (χ1) is 8.66.